The van der Waals surface area contributed by atoms with E-state index in [0.29, 0.717) is 0 Å². The fraction of sp³-hybridized carbons (Fsp3) is 0.762. The van der Waals surface area contributed by atoms with Crippen LogP contribution in [0.2, 0.25) is 0 Å². The van der Waals surface area contributed by atoms with E-state index in [2.05, 4.69) is 25.7 Å². The van der Waals surface area contributed by atoms with Crippen molar-refractivity contribution in [2.24, 2.45) is 5.73 Å². The Balaban J connectivity index is 0. The van der Waals surface area contributed by atoms with Gasteiger partial charge < -0.3 is 10.8 Å². The Morgan fingerprint density at radius 3 is 1.58 bits per heavy atom. The number of aliphatic carboxylic acids is 1. The summed E-state index contributed by atoms with van der Waals surface area (Å²) in [6.45, 7) is 6.10. The average Bonchev–Trinajstić information content (AvgIpc) is 2.59. The standard InChI is InChI=1S/C18H37N.C3H4O2/c1-2-3-4-5-6-7-8-9-10-11-12-13-14-15-16-17-18-19;1-2-3(4)5/h9-10H,2-8,11-19H2,1H3;2H,1H2,(H,4,5)/b10-9-;. The van der Waals surface area contributed by atoms with Crippen LogP contribution in [0.5, 0.6) is 0 Å². The van der Waals surface area contributed by atoms with Gasteiger partial charge in [0.15, 0.2) is 0 Å². The maximum absolute atomic E-state index is 9.25. The highest BCUT2D eigenvalue weighted by molar-refractivity contribution is 5.78. The molecule has 0 aromatic heterocycles. The van der Waals surface area contributed by atoms with Gasteiger partial charge in [0.25, 0.3) is 0 Å². The summed E-state index contributed by atoms with van der Waals surface area (Å²) in [4.78, 5) is 9.25. The molecule has 0 unspecified atom stereocenters. The molecule has 0 atom stereocenters. The number of allylic oxidation sites excluding steroid dienone is 2. The van der Waals surface area contributed by atoms with E-state index < -0.39 is 5.97 Å². The van der Waals surface area contributed by atoms with Gasteiger partial charge in [0.2, 0.25) is 0 Å². The summed E-state index contributed by atoms with van der Waals surface area (Å²) in [6, 6.07) is 0. The van der Waals surface area contributed by atoms with Crippen LogP contribution in [0.15, 0.2) is 24.8 Å². The number of carbonyl (C=O) groups is 1. The zero-order valence-corrected chi connectivity index (χ0v) is 16.0. The van der Waals surface area contributed by atoms with Gasteiger partial charge >= 0.3 is 5.97 Å². The molecule has 0 aliphatic heterocycles. The van der Waals surface area contributed by atoms with Crippen molar-refractivity contribution in [2.45, 2.75) is 96.8 Å². The highest BCUT2D eigenvalue weighted by Crippen LogP contribution is 2.09. The second-order valence-electron chi connectivity index (χ2n) is 6.27. The van der Waals surface area contributed by atoms with Gasteiger partial charge in [-0.2, -0.15) is 0 Å². The Kier molecular flexibility index (Phi) is 25.3. The second kappa shape index (κ2) is 24.2. The number of carboxylic acids is 1. The number of hydrogen-bond acceptors (Lipinski definition) is 2. The van der Waals surface area contributed by atoms with Crippen LogP contribution in [-0.4, -0.2) is 17.6 Å². The van der Waals surface area contributed by atoms with Crippen molar-refractivity contribution in [2.75, 3.05) is 6.54 Å². The van der Waals surface area contributed by atoms with Gasteiger partial charge in [0.05, 0.1) is 0 Å². The second-order valence-corrected chi connectivity index (χ2v) is 6.27. The van der Waals surface area contributed by atoms with Gasteiger partial charge in [-0.1, -0.05) is 83.4 Å². The smallest absolute Gasteiger partial charge is 0.327 e. The summed E-state index contributed by atoms with van der Waals surface area (Å²) in [5.74, 6) is -0.981. The first-order chi connectivity index (χ1) is 11.7. The van der Waals surface area contributed by atoms with Crippen molar-refractivity contribution >= 4 is 5.97 Å². The quantitative estimate of drug-likeness (QED) is 0.199. The molecule has 0 aromatic carbocycles. The van der Waals surface area contributed by atoms with Gasteiger partial charge in [-0.25, -0.2) is 4.79 Å². The first-order valence-electron chi connectivity index (χ1n) is 9.89. The molecule has 0 rings (SSSR count). The zero-order chi connectivity index (χ0) is 18.3. The molecule has 0 aliphatic carbocycles. The number of unbranched alkanes of at least 4 members (excludes halogenated alkanes) is 12. The number of carboxylic acid groups (broad SMARTS) is 1. The van der Waals surface area contributed by atoms with Gasteiger partial charge in [-0.3, -0.25) is 0 Å². The Morgan fingerprint density at radius 1 is 0.833 bits per heavy atom. The van der Waals surface area contributed by atoms with Crippen LogP contribution in [0.1, 0.15) is 96.8 Å². The lowest BCUT2D eigenvalue weighted by molar-refractivity contribution is -0.131. The molecule has 0 fully saturated rings. The molecular formula is C21H41NO2. The summed E-state index contributed by atoms with van der Waals surface area (Å²) >= 11 is 0. The van der Waals surface area contributed by atoms with Crippen LogP contribution in [0.25, 0.3) is 0 Å². The monoisotopic (exact) mass is 339 g/mol. The largest absolute Gasteiger partial charge is 0.478 e. The fourth-order valence-corrected chi connectivity index (χ4v) is 2.39. The zero-order valence-electron chi connectivity index (χ0n) is 16.0. The van der Waals surface area contributed by atoms with Crippen LogP contribution in [0.3, 0.4) is 0 Å². The summed E-state index contributed by atoms with van der Waals surface area (Å²) in [5.41, 5.74) is 5.47. The maximum atomic E-state index is 9.25. The minimum atomic E-state index is -0.981. The molecule has 0 saturated heterocycles. The lowest BCUT2D eigenvalue weighted by Crippen LogP contribution is -1.97. The lowest BCUT2D eigenvalue weighted by Gasteiger charge is -1.99. The van der Waals surface area contributed by atoms with E-state index in [4.69, 9.17) is 10.8 Å². The minimum absolute atomic E-state index is 0.833. The number of rotatable bonds is 16. The van der Waals surface area contributed by atoms with Crippen molar-refractivity contribution in [3.05, 3.63) is 24.8 Å². The van der Waals surface area contributed by atoms with Gasteiger partial charge in [0, 0.05) is 6.08 Å². The van der Waals surface area contributed by atoms with Gasteiger partial charge in [0.1, 0.15) is 0 Å². The Labute approximate surface area is 150 Å². The molecule has 24 heavy (non-hydrogen) atoms. The number of nitrogens with two attached hydrogens (primary N) is 1. The average molecular weight is 340 g/mol. The molecule has 0 heterocycles. The van der Waals surface area contributed by atoms with Gasteiger partial charge in [-0.15, -0.1) is 0 Å². The molecule has 3 heteroatoms. The Bertz CT molecular complexity index is 288. The van der Waals surface area contributed by atoms with Gasteiger partial charge in [-0.05, 0) is 38.6 Å². The molecule has 142 valence electrons. The van der Waals surface area contributed by atoms with Crippen molar-refractivity contribution in [1.29, 1.82) is 0 Å². The van der Waals surface area contributed by atoms with E-state index >= 15 is 0 Å². The predicted molar refractivity (Wildman–Crippen MR) is 106 cm³/mol. The predicted octanol–water partition coefficient (Wildman–Crippen LogP) is 6.24. The molecule has 3 N–H and O–H groups in total. The highest BCUT2D eigenvalue weighted by Gasteiger charge is 1.90. The van der Waals surface area contributed by atoms with E-state index in [1.54, 1.807) is 0 Å². The highest BCUT2D eigenvalue weighted by atomic mass is 16.4. The Morgan fingerprint density at radius 2 is 1.21 bits per heavy atom. The van der Waals surface area contributed by atoms with Crippen LogP contribution in [0, 0.1) is 0 Å². The van der Waals surface area contributed by atoms with E-state index in [1.807, 2.05) is 0 Å². The number of hydrogen-bond donors (Lipinski definition) is 2. The molecule has 0 bridgehead atoms. The van der Waals surface area contributed by atoms with E-state index in [1.165, 1.54) is 89.9 Å². The van der Waals surface area contributed by atoms with E-state index in [-0.39, 0.29) is 0 Å². The lowest BCUT2D eigenvalue weighted by atomic mass is 10.1. The molecule has 3 nitrogen and oxygen atoms in total. The van der Waals surface area contributed by atoms with Crippen molar-refractivity contribution in [1.82, 2.24) is 0 Å². The third kappa shape index (κ3) is 29.0. The van der Waals surface area contributed by atoms with E-state index in [0.717, 1.165) is 12.6 Å². The summed E-state index contributed by atoms with van der Waals surface area (Å²) < 4.78 is 0. The summed E-state index contributed by atoms with van der Waals surface area (Å²) in [5, 5.41) is 7.60. The first-order valence-corrected chi connectivity index (χ1v) is 9.89. The van der Waals surface area contributed by atoms with Crippen LogP contribution >= 0.6 is 0 Å². The van der Waals surface area contributed by atoms with Crippen LogP contribution < -0.4 is 5.73 Å². The molecular weight excluding hydrogens is 298 g/mol. The molecule has 0 radical (unpaired) electrons. The van der Waals surface area contributed by atoms with Crippen molar-refractivity contribution < 1.29 is 9.90 Å². The molecule has 0 aromatic rings. The van der Waals surface area contributed by atoms with Crippen molar-refractivity contribution in [3.8, 4) is 0 Å². The third-order valence-corrected chi connectivity index (χ3v) is 3.89. The van der Waals surface area contributed by atoms with E-state index in [9.17, 15) is 4.79 Å². The Hall–Kier alpha value is -1.09. The molecule has 0 aliphatic rings. The molecule has 0 amide bonds. The topological polar surface area (TPSA) is 63.3 Å². The van der Waals surface area contributed by atoms with Crippen LogP contribution in [0.4, 0.5) is 0 Å². The SMILES string of the molecule is C=CC(=O)O.CCCCCCCC/C=C\CCCCCCCCN. The fourth-order valence-electron chi connectivity index (χ4n) is 2.39. The maximum Gasteiger partial charge on any atom is 0.327 e. The molecule has 0 spiro atoms. The first kappa shape index (κ1) is 25.2. The summed E-state index contributed by atoms with van der Waals surface area (Å²) in [7, 11) is 0. The minimum Gasteiger partial charge on any atom is -0.478 e. The van der Waals surface area contributed by atoms with Crippen molar-refractivity contribution in [3.63, 3.8) is 0 Å². The molecule has 0 saturated carbocycles. The normalized spacial score (nSPS) is 10.4. The third-order valence-electron chi connectivity index (χ3n) is 3.89. The van der Waals surface area contributed by atoms with Crippen LogP contribution in [-0.2, 0) is 4.79 Å². The summed E-state index contributed by atoms with van der Waals surface area (Å²) in [6.07, 6.45) is 24.7.